The first-order valence-corrected chi connectivity index (χ1v) is 11.6. The highest BCUT2D eigenvalue weighted by Crippen LogP contribution is 2.49. The summed E-state index contributed by atoms with van der Waals surface area (Å²) < 4.78 is 30.6. The Bertz CT molecular complexity index is 866. The highest BCUT2D eigenvalue weighted by atomic mass is 32.2. The molecular weight excluding hydrogens is 392 g/mol. The van der Waals surface area contributed by atoms with Crippen molar-refractivity contribution >= 4 is 21.9 Å². The lowest BCUT2D eigenvalue weighted by Gasteiger charge is -2.29. The van der Waals surface area contributed by atoms with Gasteiger partial charge >= 0.3 is 5.97 Å². The number of sulfonamides is 1. The second-order valence-corrected chi connectivity index (χ2v) is 10.6. The molecule has 0 aliphatic heterocycles. The summed E-state index contributed by atoms with van der Waals surface area (Å²) in [6.07, 6.45) is 4.08. The lowest BCUT2D eigenvalue weighted by Crippen LogP contribution is -2.45. The van der Waals surface area contributed by atoms with Gasteiger partial charge < -0.3 is 10.1 Å². The van der Waals surface area contributed by atoms with Crippen molar-refractivity contribution in [1.82, 2.24) is 9.62 Å². The van der Waals surface area contributed by atoms with Gasteiger partial charge in [0.15, 0.2) is 6.10 Å². The molecular formula is C21H30N2O5S. The number of ether oxygens (including phenoxy) is 1. The molecule has 2 fully saturated rings. The Labute approximate surface area is 172 Å². The number of hydrogen-bond donors (Lipinski definition) is 1. The zero-order valence-corrected chi connectivity index (χ0v) is 18.2. The van der Waals surface area contributed by atoms with Crippen LogP contribution in [0.25, 0.3) is 0 Å². The van der Waals surface area contributed by atoms with Gasteiger partial charge in [-0.1, -0.05) is 6.42 Å². The first-order valence-electron chi connectivity index (χ1n) is 10.1. The Kier molecular flexibility index (Phi) is 6.33. The number of esters is 1. The first-order chi connectivity index (χ1) is 13.6. The van der Waals surface area contributed by atoms with Gasteiger partial charge in [-0.15, -0.1) is 0 Å². The van der Waals surface area contributed by atoms with E-state index < -0.39 is 22.1 Å². The quantitative estimate of drug-likeness (QED) is 0.681. The molecule has 2 aliphatic rings. The van der Waals surface area contributed by atoms with Crippen LogP contribution in [0.2, 0.25) is 0 Å². The van der Waals surface area contributed by atoms with E-state index in [1.54, 1.807) is 6.92 Å². The van der Waals surface area contributed by atoms with E-state index in [0.717, 1.165) is 10.2 Å². The van der Waals surface area contributed by atoms with E-state index in [2.05, 4.69) is 5.32 Å². The summed E-state index contributed by atoms with van der Waals surface area (Å²) in [4.78, 5) is 24.9. The summed E-state index contributed by atoms with van der Waals surface area (Å²) in [5.74, 6) is 1.05. The maximum Gasteiger partial charge on any atom is 0.338 e. The fourth-order valence-corrected chi connectivity index (χ4v) is 5.51. The van der Waals surface area contributed by atoms with Gasteiger partial charge in [-0.25, -0.2) is 17.5 Å². The molecule has 7 nitrogen and oxygen atoms in total. The predicted molar refractivity (Wildman–Crippen MR) is 109 cm³/mol. The van der Waals surface area contributed by atoms with E-state index in [0.29, 0.717) is 11.8 Å². The standard InChI is InChI=1S/C21H30N2O5S/c1-13(19-12-15-5-6-17(19)11-15)22-20(24)14(2)28-21(25)16-7-9-18(10-8-16)29(26,27)23(3)4/h7-10,13-15,17,19H,5-6,11-12H2,1-4H3,(H,22,24)/t13-,14-,15-,17-,19-/m0/s1. The number of amides is 1. The van der Waals surface area contributed by atoms with Crippen LogP contribution in [-0.4, -0.2) is 50.8 Å². The summed E-state index contributed by atoms with van der Waals surface area (Å²) in [5.41, 5.74) is 0.198. The Balaban J connectivity index is 1.55. The zero-order chi connectivity index (χ0) is 21.3. The van der Waals surface area contributed by atoms with E-state index >= 15 is 0 Å². The number of hydrogen-bond acceptors (Lipinski definition) is 5. The van der Waals surface area contributed by atoms with Gasteiger partial charge in [0.2, 0.25) is 10.0 Å². The van der Waals surface area contributed by atoms with Gasteiger partial charge in [0.25, 0.3) is 5.91 Å². The van der Waals surface area contributed by atoms with E-state index in [1.165, 1.54) is 64.0 Å². The minimum absolute atomic E-state index is 0.0643. The number of carbonyl (C=O) groups excluding carboxylic acids is 2. The Hall–Kier alpha value is -1.93. The lowest BCUT2D eigenvalue weighted by atomic mass is 9.84. The molecule has 0 radical (unpaired) electrons. The summed E-state index contributed by atoms with van der Waals surface area (Å²) in [5, 5.41) is 3.00. The summed E-state index contributed by atoms with van der Waals surface area (Å²) >= 11 is 0. The molecule has 160 valence electrons. The highest BCUT2D eigenvalue weighted by molar-refractivity contribution is 7.89. The van der Waals surface area contributed by atoms with Gasteiger partial charge in [0.05, 0.1) is 10.5 Å². The van der Waals surface area contributed by atoms with Crippen LogP contribution < -0.4 is 5.32 Å². The van der Waals surface area contributed by atoms with E-state index in [9.17, 15) is 18.0 Å². The average molecular weight is 423 g/mol. The number of nitrogens with zero attached hydrogens (tertiary/aromatic N) is 1. The third-order valence-electron chi connectivity index (χ3n) is 6.33. The summed E-state index contributed by atoms with van der Waals surface area (Å²) in [6.45, 7) is 3.58. The maximum atomic E-state index is 12.5. The average Bonchev–Trinajstić information content (AvgIpc) is 3.31. The maximum absolute atomic E-state index is 12.5. The molecule has 0 spiro atoms. The Morgan fingerprint density at radius 3 is 2.28 bits per heavy atom. The van der Waals surface area contributed by atoms with Crippen molar-refractivity contribution in [3.05, 3.63) is 29.8 Å². The van der Waals surface area contributed by atoms with Crippen molar-refractivity contribution in [2.45, 2.75) is 56.6 Å². The summed E-state index contributed by atoms with van der Waals surface area (Å²) in [7, 11) is -0.684. The third kappa shape index (κ3) is 4.64. The Morgan fingerprint density at radius 1 is 1.10 bits per heavy atom. The lowest BCUT2D eigenvalue weighted by molar-refractivity contribution is -0.130. The first kappa shape index (κ1) is 21.8. The molecule has 0 aromatic heterocycles. The van der Waals surface area contributed by atoms with Gasteiger partial charge in [0.1, 0.15) is 0 Å². The second-order valence-electron chi connectivity index (χ2n) is 8.50. The molecule has 0 heterocycles. The molecule has 2 bridgehead atoms. The molecule has 2 aliphatic carbocycles. The van der Waals surface area contributed by atoms with Crippen LogP contribution in [0.15, 0.2) is 29.2 Å². The van der Waals surface area contributed by atoms with E-state index in [-0.39, 0.29) is 22.4 Å². The van der Waals surface area contributed by atoms with Crippen molar-refractivity contribution in [2.75, 3.05) is 14.1 Å². The van der Waals surface area contributed by atoms with Crippen LogP contribution in [0.4, 0.5) is 0 Å². The van der Waals surface area contributed by atoms with Gasteiger partial charge in [0, 0.05) is 20.1 Å². The van der Waals surface area contributed by atoms with E-state index in [4.69, 9.17) is 4.74 Å². The number of rotatable bonds is 7. The molecule has 2 saturated carbocycles. The zero-order valence-electron chi connectivity index (χ0n) is 17.4. The van der Waals surface area contributed by atoms with E-state index in [1.807, 2.05) is 6.92 Å². The SMILES string of the molecule is C[C@H](OC(=O)c1ccc(S(=O)(=O)N(C)C)cc1)C(=O)N[C@@H](C)[C@@H]1C[C@H]2CC[C@H]1C2. The molecule has 1 N–H and O–H groups in total. The number of fused-ring (bicyclic) bond motifs is 2. The molecule has 8 heteroatoms. The second kappa shape index (κ2) is 8.44. The van der Waals surface area contributed by atoms with Gasteiger partial charge in [-0.3, -0.25) is 4.79 Å². The number of benzene rings is 1. The van der Waals surface area contributed by atoms with Crippen LogP contribution >= 0.6 is 0 Å². The van der Waals surface area contributed by atoms with Crippen LogP contribution in [0.1, 0.15) is 49.9 Å². The van der Waals surface area contributed by atoms with Crippen LogP contribution in [0, 0.1) is 17.8 Å². The summed E-state index contributed by atoms with van der Waals surface area (Å²) in [6, 6.07) is 5.55. The minimum atomic E-state index is -3.56. The smallest absolute Gasteiger partial charge is 0.338 e. The molecule has 1 aromatic carbocycles. The van der Waals surface area contributed by atoms with Crippen molar-refractivity contribution in [2.24, 2.45) is 17.8 Å². The van der Waals surface area contributed by atoms with Gasteiger partial charge in [-0.2, -0.15) is 0 Å². The number of carbonyl (C=O) groups is 2. The largest absolute Gasteiger partial charge is 0.449 e. The monoisotopic (exact) mass is 422 g/mol. The molecule has 0 saturated heterocycles. The molecule has 1 amide bonds. The van der Waals surface area contributed by atoms with Gasteiger partial charge in [-0.05, 0) is 75.1 Å². The fraction of sp³-hybridized carbons (Fsp3) is 0.619. The highest BCUT2D eigenvalue weighted by Gasteiger charge is 2.42. The van der Waals surface area contributed by atoms with Crippen LogP contribution in [0.3, 0.4) is 0 Å². The van der Waals surface area contributed by atoms with Crippen molar-refractivity contribution < 1.29 is 22.7 Å². The normalized spacial score (nSPS) is 25.6. The molecule has 0 unspecified atom stereocenters. The third-order valence-corrected chi connectivity index (χ3v) is 8.16. The topological polar surface area (TPSA) is 92.8 Å². The van der Waals surface area contributed by atoms with Crippen LogP contribution in [-0.2, 0) is 19.6 Å². The van der Waals surface area contributed by atoms with Crippen molar-refractivity contribution in [1.29, 1.82) is 0 Å². The molecule has 1 aromatic rings. The molecule has 3 rings (SSSR count). The number of nitrogens with one attached hydrogen (secondary N) is 1. The van der Waals surface area contributed by atoms with Crippen molar-refractivity contribution in [3.63, 3.8) is 0 Å². The Morgan fingerprint density at radius 2 is 1.76 bits per heavy atom. The molecule has 29 heavy (non-hydrogen) atoms. The van der Waals surface area contributed by atoms with Crippen LogP contribution in [0.5, 0.6) is 0 Å². The van der Waals surface area contributed by atoms with Crippen molar-refractivity contribution in [3.8, 4) is 0 Å². The fourth-order valence-electron chi connectivity index (χ4n) is 4.61. The minimum Gasteiger partial charge on any atom is -0.449 e. The molecule has 5 atom stereocenters. The predicted octanol–water partition coefficient (Wildman–Crippen LogP) is 2.42.